The molecule has 7 heteroatoms. The molecular formula is C20H23FN6. The van der Waals surface area contributed by atoms with E-state index in [4.69, 9.17) is 4.98 Å². The lowest BCUT2D eigenvalue weighted by Gasteiger charge is -2.36. The van der Waals surface area contributed by atoms with Gasteiger partial charge in [0.2, 0.25) is 5.95 Å². The van der Waals surface area contributed by atoms with E-state index in [1.165, 1.54) is 12.1 Å². The summed E-state index contributed by atoms with van der Waals surface area (Å²) in [6.45, 7) is 4.19. The smallest absolute Gasteiger partial charge is 0.222 e. The summed E-state index contributed by atoms with van der Waals surface area (Å²) in [6, 6.07) is 8.34. The molecule has 1 aromatic carbocycles. The van der Waals surface area contributed by atoms with Crippen molar-refractivity contribution in [3.8, 4) is 22.6 Å². The molecule has 140 valence electrons. The van der Waals surface area contributed by atoms with E-state index in [0.29, 0.717) is 5.95 Å². The van der Waals surface area contributed by atoms with Crippen LogP contribution < -0.4 is 10.6 Å². The van der Waals surface area contributed by atoms with Gasteiger partial charge in [0, 0.05) is 24.3 Å². The van der Waals surface area contributed by atoms with E-state index in [-0.39, 0.29) is 11.4 Å². The highest BCUT2D eigenvalue weighted by Crippen LogP contribution is 2.37. The Morgan fingerprint density at radius 1 is 1.11 bits per heavy atom. The predicted octanol–water partition coefficient (Wildman–Crippen LogP) is 3.29. The lowest BCUT2D eigenvalue weighted by atomic mass is 9.89. The van der Waals surface area contributed by atoms with E-state index in [9.17, 15) is 4.39 Å². The molecule has 0 aliphatic carbocycles. The van der Waals surface area contributed by atoms with Gasteiger partial charge in [-0.1, -0.05) is 0 Å². The molecule has 1 saturated heterocycles. The summed E-state index contributed by atoms with van der Waals surface area (Å²) in [5, 5.41) is 6.41. The molecule has 1 aliphatic rings. The molecule has 1 aliphatic heterocycles. The van der Waals surface area contributed by atoms with Gasteiger partial charge in [0.1, 0.15) is 5.82 Å². The van der Waals surface area contributed by atoms with E-state index in [0.717, 1.165) is 48.6 Å². The Bertz CT molecular complexity index is 928. The van der Waals surface area contributed by atoms with Gasteiger partial charge in [-0.2, -0.15) is 0 Å². The Balaban J connectivity index is 1.91. The maximum Gasteiger partial charge on any atom is 0.222 e. The molecule has 0 radical (unpaired) electrons. The monoisotopic (exact) mass is 366 g/mol. The van der Waals surface area contributed by atoms with Crippen LogP contribution in [0.25, 0.3) is 22.6 Å². The molecule has 2 aromatic heterocycles. The number of nitrogens with zero attached hydrogens (tertiary/aromatic N) is 4. The molecule has 27 heavy (non-hydrogen) atoms. The van der Waals surface area contributed by atoms with Crippen molar-refractivity contribution in [1.82, 2.24) is 24.8 Å². The Morgan fingerprint density at radius 3 is 2.56 bits per heavy atom. The van der Waals surface area contributed by atoms with Gasteiger partial charge in [-0.15, -0.1) is 0 Å². The van der Waals surface area contributed by atoms with Crippen LogP contribution in [-0.2, 0) is 5.54 Å². The molecule has 0 atom stereocenters. The van der Waals surface area contributed by atoms with Gasteiger partial charge in [0.25, 0.3) is 0 Å². The number of benzene rings is 1. The van der Waals surface area contributed by atoms with Crippen molar-refractivity contribution in [3.05, 3.63) is 48.7 Å². The quantitative estimate of drug-likeness (QED) is 0.742. The topological polar surface area (TPSA) is 67.7 Å². The van der Waals surface area contributed by atoms with Crippen molar-refractivity contribution in [2.45, 2.75) is 25.3 Å². The van der Waals surface area contributed by atoms with E-state index >= 15 is 0 Å². The van der Waals surface area contributed by atoms with E-state index in [1.807, 2.05) is 12.4 Å². The van der Waals surface area contributed by atoms with Gasteiger partial charge in [-0.05, 0) is 63.2 Å². The van der Waals surface area contributed by atoms with Crippen LogP contribution >= 0.6 is 0 Å². The minimum atomic E-state index is -0.260. The van der Waals surface area contributed by atoms with Crippen molar-refractivity contribution < 1.29 is 4.39 Å². The second-order valence-electron chi connectivity index (χ2n) is 7.08. The molecule has 3 heterocycles. The molecule has 2 N–H and O–H groups in total. The molecule has 3 aromatic rings. The number of halogens is 1. The fourth-order valence-electron chi connectivity index (χ4n) is 3.64. The maximum absolute atomic E-state index is 13.4. The number of piperidine rings is 1. The zero-order valence-corrected chi connectivity index (χ0v) is 15.5. The van der Waals surface area contributed by atoms with Crippen molar-refractivity contribution in [3.63, 3.8) is 0 Å². The van der Waals surface area contributed by atoms with Gasteiger partial charge in [-0.3, -0.25) is 0 Å². The molecule has 0 bridgehead atoms. The summed E-state index contributed by atoms with van der Waals surface area (Å²) >= 11 is 0. The van der Waals surface area contributed by atoms with Crippen LogP contribution in [0.3, 0.4) is 0 Å². The second-order valence-corrected chi connectivity index (χ2v) is 7.08. The van der Waals surface area contributed by atoms with Crippen molar-refractivity contribution in [2.75, 3.05) is 25.5 Å². The van der Waals surface area contributed by atoms with Gasteiger partial charge in [0.05, 0.1) is 23.4 Å². The number of aromatic nitrogens is 4. The predicted molar refractivity (Wildman–Crippen MR) is 104 cm³/mol. The highest BCUT2D eigenvalue weighted by molar-refractivity contribution is 5.77. The Labute approximate surface area is 157 Å². The third-order valence-corrected chi connectivity index (χ3v) is 5.27. The van der Waals surface area contributed by atoms with Crippen molar-refractivity contribution >= 4 is 5.95 Å². The second kappa shape index (κ2) is 7.08. The van der Waals surface area contributed by atoms with Crippen LogP contribution in [0, 0.1) is 5.82 Å². The number of hydrogen-bond donors (Lipinski definition) is 2. The van der Waals surface area contributed by atoms with Crippen LogP contribution in [0.15, 0.2) is 42.9 Å². The van der Waals surface area contributed by atoms with Gasteiger partial charge in [0.15, 0.2) is 0 Å². The van der Waals surface area contributed by atoms with Gasteiger partial charge >= 0.3 is 0 Å². The largest absolute Gasteiger partial charge is 0.357 e. The third kappa shape index (κ3) is 3.30. The number of nitrogens with one attached hydrogen (secondary N) is 2. The summed E-state index contributed by atoms with van der Waals surface area (Å²) in [4.78, 5) is 13.6. The lowest BCUT2D eigenvalue weighted by Crippen LogP contribution is -2.42. The van der Waals surface area contributed by atoms with Crippen LogP contribution in [0.2, 0.25) is 0 Å². The minimum absolute atomic E-state index is 0.0589. The normalized spacial score (nSPS) is 16.3. The summed E-state index contributed by atoms with van der Waals surface area (Å²) in [5.74, 6) is 0.297. The van der Waals surface area contributed by atoms with Crippen LogP contribution in [0.4, 0.5) is 10.3 Å². The fourth-order valence-corrected chi connectivity index (χ4v) is 3.64. The third-order valence-electron chi connectivity index (χ3n) is 5.27. The summed E-state index contributed by atoms with van der Waals surface area (Å²) in [5.41, 5.74) is 3.34. The zero-order chi connectivity index (χ0) is 18.9. The van der Waals surface area contributed by atoms with Crippen LogP contribution in [0.1, 0.15) is 19.8 Å². The first-order chi connectivity index (χ1) is 13.1. The Kier molecular flexibility index (Phi) is 4.61. The highest BCUT2D eigenvalue weighted by atomic mass is 19.1. The van der Waals surface area contributed by atoms with Gasteiger partial charge in [-0.25, -0.2) is 19.3 Å². The maximum atomic E-state index is 13.4. The molecule has 4 rings (SSSR count). The average Bonchev–Trinajstić information content (AvgIpc) is 3.15. The number of anilines is 1. The van der Waals surface area contributed by atoms with E-state index in [2.05, 4.69) is 32.1 Å². The van der Waals surface area contributed by atoms with Crippen molar-refractivity contribution in [1.29, 1.82) is 0 Å². The van der Waals surface area contributed by atoms with E-state index in [1.54, 1.807) is 25.4 Å². The van der Waals surface area contributed by atoms with E-state index < -0.39 is 0 Å². The summed E-state index contributed by atoms with van der Waals surface area (Å²) < 4.78 is 15.7. The van der Waals surface area contributed by atoms with Crippen LogP contribution in [0.5, 0.6) is 0 Å². The number of rotatable bonds is 4. The molecular weight excluding hydrogens is 343 g/mol. The first-order valence-electron chi connectivity index (χ1n) is 9.16. The van der Waals surface area contributed by atoms with Crippen molar-refractivity contribution in [2.24, 2.45) is 0 Å². The fraction of sp³-hybridized carbons (Fsp3) is 0.350. The van der Waals surface area contributed by atoms with Gasteiger partial charge < -0.3 is 15.2 Å². The molecule has 0 spiro atoms. The average molecular weight is 366 g/mol. The number of hydrogen-bond acceptors (Lipinski definition) is 5. The number of imidazole rings is 1. The molecule has 6 nitrogen and oxygen atoms in total. The standard InChI is InChI=1S/C20H23FN6/c1-20(8-11-23-12-9-20)27-13-25-17(14-3-5-15(21)6-4-14)18(27)16-7-10-24-19(22-2)26-16/h3-7,10,13,23H,8-9,11-12H2,1-2H3,(H,22,24,26). The summed E-state index contributed by atoms with van der Waals surface area (Å²) in [7, 11) is 1.80. The molecule has 1 fully saturated rings. The molecule has 0 saturated carbocycles. The Morgan fingerprint density at radius 2 is 1.85 bits per heavy atom. The van der Waals surface area contributed by atoms with Crippen LogP contribution in [-0.4, -0.2) is 39.7 Å². The summed E-state index contributed by atoms with van der Waals surface area (Å²) in [6.07, 6.45) is 5.64. The SMILES string of the molecule is CNc1nccc(-c2c(-c3ccc(F)cc3)ncn2C2(C)CCNCC2)n1. The zero-order valence-electron chi connectivity index (χ0n) is 15.5. The Hall–Kier alpha value is -2.80. The lowest BCUT2D eigenvalue weighted by molar-refractivity contribution is 0.233. The minimum Gasteiger partial charge on any atom is -0.357 e. The highest BCUT2D eigenvalue weighted by Gasteiger charge is 2.32. The molecule has 0 amide bonds. The first-order valence-corrected chi connectivity index (χ1v) is 9.16. The first kappa shape index (κ1) is 17.6. The molecule has 0 unspecified atom stereocenters.